The third-order valence-electron chi connectivity index (χ3n) is 4.14. The van der Waals surface area contributed by atoms with Gasteiger partial charge in [-0.2, -0.15) is 0 Å². The smallest absolute Gasteiger partial charge is 0.312 e. The minimum atomic E-state index is -0.374. The summed E-state index contributed by atoms with van der Waals surface area (Å²) in [5, 5.41) is 0. The molecule has 3 nitrogen and oxygen atoms in total. The second-order valence-corrected chi connectivity index (χ2v) is 6.64. The van der Waals surface area contributed by atoms with Crippen LogP contribution in [0, 0.1) is 5.41 Å². The molecule has 0 spiro atoms. The highest BCUT2D eigenvalue weighted by Gasteiger charge is 2.52. The van der Waals surface area contributed by atoms with Crippen LogP contribution in [0.3, 0.4) is 0 Å². The molecule has 0 atom stereocenters. The first-order valence-electron chi connectivity index (χ1n) is 6.27. The molecule has 16 heavy (non-hydrogen) atoms. The van der Waals surface area contributed by atoms with E-state index in [2.05, 4.69) is 0 Å². The highest BCUT2D eigenvalue weighted by molar-refractivity contribution is 5.77. The molecule has 3 fully saturated rings. The van der Waals surface area contributed by atoms with Crippen molar-refractivity contribution in [1.82, 2.24) is 0 Å². The fourth-order valence-electron chi connectivity index (χ4n) is 2.91. The number of rotatable bonds is 1. The Labute approximate surface area is 97.7 Å². The number of carbonyl (C=O) groups is 1. The van der Waals surface area contributed by atoms with Crippen molar-refractivity contribution in [3.63, 3.8) is 0 Å². The number of fused-ring (bicyclic) bond motifs is 3. The van der Waals surface area contributed by atoms with E-state index in [1.54, 1.807) is 0 Å². The summed E-state index contributed by atoms with van der Waals surface area (Å²) in [4.78, 5) is 12.2. The highest BCUT2D eigenvalue weighted by Crippen LogP contribution is 2.52. The maximum absolute atomic E-state index is 12.2. The molecule has 0 aromatic carbocycles. The summed E-state index contributed by atoms with van der Waals surface area (Å²) in [7, 11) is 0. The number of carbonyl (C=O) groups excluding carboxylic acids is 1. The van der Waals surface area contributed by atoms with Gasteiger partial charge < -0.3 is 10.5 Å². The first-order chi connectivity index (χ1) is 7.25. The monoisotopic (exact) mass is 225 g/mol. The Kier molecular flexibility index (Phi) is 2.57. The van der Waals surface area contributed by atoms with E-state index in [0.29, 0.717) is 0 Å². The Balaban J connectivity index is 2.07. The summed E-state index contributed by atoms with van der Waals surface area (Å²) in [5.41, 5.74) is 5.66. The molecule has 3 aliphatic rings. The minimum absolute atomic E-state index is 0.00162. The number of esters is 1. The minimum Gasteiger partial charge on any atom is -0.460 e. The molecular weight excluding hydrogens is 202 g/mol. The molecule has 92 valence electrons. The Morgan fingerprint density at radius 1 is 1.06 bits per heavy atom. The van der Waals surface area contributed by atoms with Gasteiger partial charge in [0.15, 0.2) is 0 Å². The first kappa shape index (κ1) is 11.9. The number of hydrogen-bond acceptors (Lipinski definition) is 3. The molecule has 0 unspecified atom stereocenters. The van der Waals surface area contributed by atoms with Crippen LogP contribution in [0.2, 0.25) is 0 Å². The van der Waals surface area contributed by atoms with Gasteiger partial charge in [-0.15, -0.1) is 0 Å². The van der Waals surface area contributed by atoms with Crippen molar-refractivity contribution in [2.75, 3.05) is 0 Å². The normalized spacial score (nSPS) is 38.5. The van der Waals surface area contributed by atoms with Crippen LogP contribution in [-0.4, -0.2) is 17.1 Å². The van der Waals surface area contributed by atoms with Crippen LogP contribution in [0.15, 0.2) is 0 Å². The van der Waals surface area contributed by atoms with Crippen LogP contribution in [0.4, 0.5) is 0 Å². The van der Waals surface area contributed by atoms with Gasteiger partial charge in [0.05, 0.1) is 5.41 Å². The molecule has 0 radical (unpaired) electrons. The molecule has 0 aromatic heterocycles. The van der Waals surface area contributed by atoms with Gasteiger partial charge in [0.1, 0.15) is 5.60 Å². The van der Waals surface area contributed by atoms with E-state index < -0.39 is 0 Å². The molecular formula is C13H23NO2. The lowest BCUT2D eigenvalue weighted by molar-refractivity contribution is -0.174. The molecule has 3 aliphatic carbocycles. The van der Waals surface area contributed by atoms with Crippen LogP contribution in [0.5, 0.6) is 0 Å². The lowest BCUT2D eigenvalue weighted by atomic mass is 9.57. The summed E-state index contributed by atoms with van der Waals surface area (Å²) in [6.45, 7) is 5.79. The standard InChI is InChI=1S/C13H23NO2/c1-11(2,3)16-10(15)12-4-7-13(14,8-5-12)9-6-12/h4-9,14H2,1-3H3. The Morgan fingerprint density at radius 2 is 1.50 bits per heavy atom. The molecule has 0 saturated heterocycles. The average molecular weight is 225 g/mol. The number of ether oxygens (including phenoxy) is 1. The molecule has 0 aromatic rings. The van der Waals surface area contributed by atoms with Gasteiger partial charge in [-0.25, -0.2) is 0 Å². The predicted molar refractivity (Wildman–Crippen MR) is 62.9 cm³/mol. The molecule has 3 saturated carbocycles. The maximum Gasteiger partial charge on any atom is 0.312 e. The molecule has 0 aliphatic heterocycles. The van der Waals surface area contributed by atoms with E-state index in [1.165, 1.54) is 0 Å². The van der Waals surface area contributed by atoms with Gasteiger partial charge in [0.2, 0.25) is 0 Å². The zero-order chi connectivity index (χ0) is 12.0. The third kappa shape index (κ3) is 2.10. The average Bonchev–Trinajstić information content (AvgIpc) is 2.16. The topological polar surface area (TPSA) is 52.3 Å². The van der Waals surface area contributed by atoms with E-state index >= 15 is 0 Å². The van der Waals surface area contributed by atoms with Crippen molar-refractivity contribution in [1.29, 1.82) is 0 Å². The third-order valence-corrected chi connectivity index (χ3v) is 4.14. The second-order valence-electron chi connectivity index (χ2n) is 6.64. The van der Waals surface area contributed by atoms with Crippen molar-refractivity contribution >= 4 is 5.97 Å². The first-order valence-corrected chi connectivity index (χ1v) is 6.27. The van der Waals surface area contributed by atoms with Gasteiger partial charge in [-0.1, -0.05) is 0 Å². The van der Waals surface area contributed by atoms with E-state index in [1.807, 2.05) is 20.8 Å². The molecule has 2 N–H and O–H groups in total. The molecule has 3 rings (SSSR count). The van der Waals surface area contributed by atoms with Crippen LogP contribution < -0.4 is 5.73 Å². The van der Waals surface area contributed by atoms with Gasteiger partial charge in [-0.05, 0) is 59.3 Å². The van der Waals surface area contributed by atoms with Crippen LogP contribution >= 0.6 is 0 Å². The van der Waals surface area contributed by atoms with E-state index in [-0.39, 0.29) is 22.5 Å². The Morgan fingerprint density at radius 3 is 1.88 bits per heavy atom. The van der Waals surface area contributed by atoms with Crippen molar-refractivity contribution in [2.45, 2.75) is 70.4 Å². The van der Waals surface area contributed by atoms with Crippen LogP contribution in [0.25, 0.3) is 0 Å². The summed E-state index contributed by atoms with van der Waals surface area (Å²) < 4.78 is 5.55. The lowest BCUT2D eigenvalue weighted by Gasteiger charge is -2.50. The Bertz CT molecular complexity index is 279. The maximum atomic E-state index is 12.2. The van der Waals surface area contributed by atoms with Crippen molar-refractivity contribution < 1.29 is 9.53 Å². The van der Waals surface area contributed by atoms with Gasteiger partial charge in [-0.3, -0.25) is 4.79 Å². The quantitative estimate of drug-likeness (QED) is 0.697. The fourth-order valence-corrected chi connectivity index (χ4v) is 2.91. The lowest BCUT2D eigenvalue weighted by Crippen LogP contribution is -2.55. The molecule has 0 heterocycles. The van der Waals surface area contributed by atoms with E-state index in [0.717, 1.165) is 38.5 Å². The summed E-state index contributed by atoms with van der Waals surface area (Å²) in [5.74, 6) is 0.00162. The summed E-state index contributed by atoms with van der Waals surface area (Å²) in [6, 6.07) is 0. The van der Waals surface area contributed by atoms with Gasteiger partial charge >= 0.3 is 5.97 Å². The van der Waals surface area contributed by atoms with Crippen LogP contribution in [-0.2, 0) is 9.53 Å². The van der Waals surface area contributed by atoms with Crippen molar-refractivity contribution in [3.05, 3.63) is 0 Å². The zero-order valence-corrected chi connectivity index (χ0v) is 10.6. The van der Waals surface area contributed by atoms with Gasteiger partial charge in [0, 0.05) is 5.54 Å². The zero-order valence-electron chi connectivity index (χ0n) is 10.6. The van der Waals surface area contributed by atoms with E-state index in [4.69, 9.17) is 10.5 Å². The fraction of sp³-hybridized carbons (Fsp3) is 0.923. The van der Waals surface area contributed by atoms with Crippen molar-refractivity contribution in [3.8, 4) is 0 Å². The van der Waals surface area contributed by atoms with Gasteiger partial charge in [0.25, 0.3) is 0 Å². The van der Waals surface area contributed by atoms with Crippen molar-refractivity contribution in [2.24, 2.45) is 11.1 Å². The molecule has 2 bridgehead atoms. The second kappa shape index (κ2) is 3.46. The molecule has 0 amide bonds. The number of hydrogen-bond donors (Lipinski definition) is 1. The van der Waals surface area contributed by atoms with Crippen LogP contribution in [0.1, 0.15) is 59.3 Å². The highest BCUT2D eigenvalue weighted by atomic mass is 16.6. The molecule has 3 heteroatoms. The summed E-state index contributed by atoms with van der Waals surface area (Å²) in [6.07, 6.45) is 5.68. The summed E-state index contributed by atoms with van der Waals surface area (Å²) >= 11 is 0. The Hall–Kier alpha value is -0.570. The SMILES string of the molecule is CC(C)(C)OC(=O)C12CCC(N)(CC1)CC2. The predicted octanol–water partition coefficient (Wildman–Crippen LogP) is 2.38. The number of nitrogens with two attached hydrogens (primary N) is 1. The largest absolute Gasteiger partial charge is 0.460 e. The van der Waals surface area contributed by atoms with E-state index in [9.17, 15) is 4.79 Å².